The smallest absolute Gasteiger partial charge is 0.248 e. The van der Waals surface area contributed by atoms with E-state index >= 15 is 0 Å². The van der Waals surface area contributed by atoms with Gasteiger partial charge in [0.15, 0.2) is 0 Å². The number of aromatic amines is 1. The van der Waals surface area contributed by atoms with Crippen LogP contribution in [0.4, 0.5) is 0 Å². The maximum absolute atomic E-state index is 12.6. The van der Waals surface area contributed by atoms with Crippen LogP contribution in [0.3, 0.4) is 0 Å². The lowest BCUT2D eigenvalue weighted by molar-refractivity contribution is -0.142. The van der Waals surface area contributed by atoms with Crippen LogP contribution in [0.1, 0.15) is 49.4 Å². The second kappa shape index (κ2) is 6.61. The highest BCUT2D eigenvalue weighted by Crippen LogP contribution is 2.39. The Hall–Kier alpha value is -1.40. The summed E-state index contributed by atoms with van der Waals surface area (Å²) in [6.07, 6.45) is 8.30. The molecule has 3 unspecified atom stereocenters. The van der Waals surface area contributed by atoms with Crippen LogP contribution >= 0.6 is 0 Å². The molecule has 4 rings (SSSR count). The van der Waals surface area contributed by atoms with E-state index in [1.807, 2.05) is 4.90 Å². The summed E-state index contributed by atoms with van der Waals surface area (Å²) < 4.78 is 11.2. The molecule has 0 aromatic carbocycles. The van der Waals surface area contributed by atoms with Crippen molar-refractivity contribution in [3.63, 3.8) is 0 Å². The molecule has 3 aliphatic rings. The number of ether oxygens (including phenoxy) is 2. The van der Waals surface area contributed by atoms with E-state index in [2.05, 4.69) is 9.97 Å². The molecule has 23 heavy (non-hydrogen) atoms. The molecule has 0 spiro atoms. The van der Waals surface area contributed by atoms with E-state index in [9.17, 15) is 4.79 Å². The Kier molecular flexibility index (Phi) is 4.35. The molecule has 3 atom stereocenters. The highest BCUT2D eigenvalue weighted by atomic mass is 16.5. The monoisotopic (exact) mass is 319 g/mol. The first-order chi connectivity index (χ1) is 11.3. The lowest BCUT2D eigenvalue weighted by Crippen LogP contribution is -2.50. The minimum atomic E-state index is 0.122. The Morgan fingerprint density at radius 1 is 1.39 bits per heavy atom. The third-order valence-electron chi connectivity index (χ3n) is 5.45. The lowest BCUT2D eigenvalue weighted by atomic mass is 9.78. The molecule has 1 aromatic rings. The SMILES string of the molecule is O=C(COCC1CCCO1)N1CCCC2c3nc[nH]c3CCC21. The second-order valence-corrected chi connectivity index (χ2v) is 6.86. The number of carbonyl (C=O) groups excluding carboxylic acids is 1. The number of carbonyl (C=O) groups is 1. The predicted molar refractivity (Wildman–Crippen MR) is 84.2 cm³/mol. The lowest BCUT2D eigenvalue weighted by Gasteiger charge is -2.43. The average molecular weight is 319 g/mol. The minimum Gasteiger partial charge on any atom is -0.376 e. The molecule has 126 valence electrons. The van der Waals surface area contributed by atoms with Crippen LogP contribution in [0.2, 0.25) is 0 Å². The summed E-state index contributed by atoms with van der Waals surface area (Å²) in [5.41, 5.74) is 2.44. The first kappa shape index (κ1) is 15.1. The molecule has 0 radical (unpaired) electrons. The van der Waals surface area contributed by atoms with Gasteiger partial charge in [0.05, 0.1) is 24.7 Å². The van der Waals surface area contributed by atoms with Crippen LogP contribution in [-0.4, -0.2) is 59.3 Å². The predicted octanol–water partition coefficient (Wildman–Crippen LogP) is 1.63. The summed E-state index contributed by atoms with van der Waals surface area (Å²) in [5, 5.41) is 0. The Balaban J connectivity index is 1.35. The molecule has 1 aliphatic carbocycles. The molecule has 2 aliphatic heterocycles. The van der Waals surface area contributed by atoms with E-state index < -0.39 is 0 Å². The number of rotatable bonds is 4. The molecule has 1 aromatic heterocycles. The van der Waals surface area contributed by atoms with E-state index in [1.165, 1.54) is 11.4 Å². The van der Waals surface area contributed by atoms with Crippen LogP contribution in [0.15, 0.2) is 6.33 Å². The van der Waals surface area contributed by atoms with Crippen molar-refractivity contribution >= 4 is 5.91 Å². The number of H-pyrrole nitrogens is 1. The maximum atomic E-state index is 12.6. The fourth-order valence-corrected chi connectivity index (χ4v) is 4.32. The molecule has 0 saturated carbocycles. The first-order valence-corrected chi connectivity index (χ1v) is 8.84. The van der Waals surface area contributed by atoms with E-state index in [0.717, 1.165) is 51.7 Å². The van der Waals surface area contributed by atoms with Gasteiger partial charge in [0.1, 0.15) is 6.61 Å². The topological polar surface area (TPSA) is 67.5 Å². The standard InChI is InChI=1S/C17H25N3O3/c21-16(10-22-9-12-3-2-8-23-12)20-7-1-4-13-15(20)6-5-14-17(13)19-11-18-14/h11-13,15H,1-10H2,(H,18,19). The third-order valence-corrected chi connectivity index (χ3v) is 5.45. The van der Waals surface area contributed by atoms with Gasteiger partial charge in [-0.2, -0.15) is 0 Å². The van der Waals surface area contributed by atoms with Gasteiger partial charge in [-0.05, 0) is 38.5 Å². The Labute approximate surface area is 136 Å². The zero-order valence-corrected chi connectivity index (χ0v) is 13.5. The highest BCUT2D eigenvalue weighted by Gasteiger charge is 2.39. The zero-order valence-electron chi connectivity index (χ0n) is 13.5. The largest absolute Gasteiger partial charge is 0.376 e. The van der Waals surface area contributed by atoms with E-state index in [4.69, 9.17) is 9.47 Å². The van der Waals surface area contributed by atoms with E-state index in [-0.39, 0.29) is 18.6 Å². The summed E-state index contributed by atoms with van der Waals surface area (Å²) in [6.45, 7) is 2.39. The number of aromatic nitrogens is 2. The summed E-state index contributed by atoms with van der Waals surface area (Å²) in [5.74, 6) is 0.512. The molecular formula is C17H25N3O3. The number of nitrogens with zero attached hydrogens (tertiary/aromatic N) is 2. The van der Waals surface area contributed by atoms with Gasteiger partial charge in [-0.25, -0.2) is 4.98 Å². The molecule has 6 heteroatoms. The van der Waals surface area contributed by atoms with Gasteiger partial charge in [-0.3, -0.25) is 4.79 Å². The number of hydrogen-bond acceptors (Lipinski definition) is 4. The van der Waals surface area contributed by atoms with E-state index in [1.54, 1.807) is 6.33 Å². The quantitative estimate of drug-likeness (QED) is 0.916. The van der Waals surface area contributed by atoms with Crippen molar-refractivity contribution in [2.75, 3.05) is 26.4 Å². The number of hydrogen-bond donors (Lipinski definition) is 1. The van der Waals surface area contributed by atoms with Crippen LogP contribution in [0, 0.1) is 0 Å². The summed E-state index contributed by atoms with van der Waals surface area (Å²) in [7, 11) is 0. The average Bonchev–Trinajstić information content (AvgIpc) is 3.25. The van der Waals surface area contributed by atoms with Crippen LogP contribution in [0.5, 0.6) is 0 Å². The Bertz CT molecular complexity index is 553. The number of nitrogens with one attached hydrogen (secondary N) is 1. The fourth-order valence-electron chi connectivity index (χ4n) is 4.32. The molecule has 1 N–H and O–H groups in total. The Morgan fingerprint density at radius 2 is 2.35 bits per heavy atom. The molecule has 2 fully saturated rings. The first-order valence-electron chi connectivity index (χ1n) is 8.84. The van der Waals surface area contributed by atoms with Gasteiger partial charge >= 0.3 is 0 Å². The zero-order chi connectivity index (χ0) is 15.6. The number of likely N-dealkylation sites (tertiary alicyclic amines) is 1. The number of fused-ring (bicyclic) bond motifs is 3. The van der Waals surface area contributed by atoms with Crippen molar-refractivity contribution in [3.8, 4) is 0 Å². The maximum Gasteiger partial charge on any atom is 0.248 e. The van der Waals surface area contributed by atoms with Gasteiger partial charge in [-0.15, -0.1) is 0 Å². The van der Waals surface area contributed by atoms with Gasteiger partial charge in [0.2, 0.25) is 5.91 Å². The molecule has 6 nitrogen and oxygen atoms in total. The Morgan fingerprint density at radius 3 is 3.22 bits per heavy atom. The van der Waals surface area contributed by atoms with Gasteiger partial charge < -0.3 is 19.4 Å². The van der Waals surface area contributed by atoms with Gasteiger partial charge in [-0.1, -0.05) is 0 Å². The van der Waals surface area contributed by atoms with Crippen molar-refractivity contribution in [2.24, 2.45) is 0 Å². The number of piperidine rings is 1. The summed E-state index contributed by atoms with van der Waals surface area (Å²) in [4.78, 5) is 22.4. The third kappa shape index (κ3) is 3.02. The minimum absolute atomic E-state index is 0.122. The molecule has 2 saturated heterocycles. The normalized spacial score (nSPS) is 30.1. The van der Waals surface area contributed by atoms with Crippen molar-refractivity contribution < 1.29 is 14.3 Å². The fraction of sp³-hybridized carbons (Fsp3) is 0.765. The highest BCUT2D eigenvalue weighted by molar-refractivity contribution is 5.78. The number of amides is 1. The van der Waals surface area contributed by atoms with Crippen LogP contribution < -0.4 is 0 Å². The van der Waals surface area contributed by atoms with Crippen molar-refractivity contribution in [1.82, 2.24) is 14.9 Å². The summed E-state index contributed by atoms with van der Waals surface area (Å²) >= 11 is 0. The van der Waals surface area contributed by atoms with Crippen molar-refractivity contribution in [3.05, 3.63) is 17.7 Å². The number of imidazole rings is 1. The number of aryl methyl sites for hydroxylation is 1. The summed E-state index contributed by atoms with van der Waals surface area (Å²) in [6, 6.07) is 0.290. The van der Waals surface area contributed by atoms with Gasteiger partial charge in [0.25, 0.3) is 0 Å². The molecule has 3 heterocycles. The van der Waals surface area contributed by atoms with Crippen LogP contribution in [-0.2, 0) is 20.7 Å². The molecule has 1 amide bonds. The van der Waals surface area contributed by atoms with Crippen LogP contribution in [0.25, 0.3) is 0 Å². The van der Waals surface area contributed by atoms with Crippen molar-refractivity contribution in [1.29, 1.82) is 0 Å². The second-order valence-electron chi connectivity index (χ2n) is 6.86. The molecular weight excluding hydrogens is 294 g/mol. The van der Waals surface area contributed by atoms with E-state index in [0.29, 0.717) is 18.6 Å². The van der Waals surface area contributed by atoms with Gasteiger partial charge in [0, 0.05) is 30.8 Å². The molecule has 0 bridgehead atoms. The van der Waals surface area contributed by atoms with Crippen molar-refractivity contribution in [2.45, 2.75) is 56.6 Å².